The van der Waals surface area contributed by atoms with Crippen molar-refractivity contribution >= 4 is 10.0 Å². The van der Waals surface area contributed by atoms with Crippen molar-refractivity contribution < 1.29 is 21.6 Å². The maximum absolute atomic E-state index is 13.2. The molecule has 0 aliphatic carbocycles. The van der Waals surface area contributed by atoms with Crippen LogP contribution in [0.5, 0.6) is 0 Å². The number of nitrogens with one attached hydrogen (secondary N) is 1. The minimum atomic E-state index is -4.33. The zero-order chi connectivity index (χ0) is 13.1. The van der Waals surface area contributed by atoms with Crippen LogP contribution in [0.15, 0.2) is 29.7 Å². The van der Waals surface area contributed by atoms with Crippen LogP contribution in [0.1, 0.15) is 6.42 Å². The minimum Gasteiger partial charge on any atom is -0.211 e. The minimum absolute atomic E-state index is 0.0396. The molecule has 0 saturated carbocycles. The topological polar surface area (TPSA) is 46.2 Å². The van der Waals surface area contributed by atoms with Gasteiger partial charge in [-0.15, -0.1) is 6.58 Å². The van der Waals surface area contributed by atoms with Gasteiger partial charge >= 0.3 is 0 Å². The Kier molecular flexibility index (Phi) is 4.30. The molecule has 1 N–H and O–H groups in total. The van der Waals surface area contributed by atoms with E-state index in [9.17, 15) is 21.6 Å². The standard InChI is InChI=1S/C10H10F3NO2S/c1-2-3-4-14-17(15,16)10-8(12)5-7(11)6-9(10)13/h2,5-6,14H,1,3-4H2. The third-order valence-electron chi connectivity index (χ3n) is 1.87. The number of hydrogen-bond acceptors (Lipinski definition) is 2. The first kappa shape index (κ1) is 13.7. The SMILES string of the molecule is C=CCCNS(=O)(=O)c1c(F)cc(F)cc1F. The van der Waals surface area contributed by atoms with Crippen LogP contribution in [0.25, 0.3) is 0 Å². The summed E-state index contributed by atoms with van der Waals surface area (Å²) in [5, 5.41) is 0. The monoisotopic (exact) mass is 265 g/mol. The molecule has 17 heavy (non-hydrogen) atoms. The van der Waals surface area contributed by atoms with Crippen molar-refractivity contribution in [2.45, 2.75) is 11.3 Å². The van der Waals surface area contributed by atoms with E-state index in [1.807, 2.05) is 4.72 Å². The van der Waals surface area contributed by atoms with E-state index >= 15 is 0 Å². The fraction of sp³-hybridized carbons (Fsp3) is 0.200. The van der Waals surface area contributed by atoms with E-state index in [0.717, 1.165) is 0 Å². The number of halogens is 3. The van der Waals surface area contributed by atoms with Crippen LogP contribution < -0.4 is 4.72 Å². The highest BCUT2D eigenvalue weighted by molar-refractivity contribution is 7.89. The van der Waals surface area contributed by atoms with Crippen molar-refractivity contribution in [2.24, 2.45) is 0 Å². The summed E-state index contributed by atoms with van der Waals surface area (Å²) in [5.41, 5.74) is 0. The molecular formula is C10H10F3NO2S. The third kappa shape index (κ3) is 3.31. The Balaban J connectivity index is 3.11. The summed E-state index contributed by atoms with van der Waals surface area (Å²) < 4.78 is 64.0. The summed E-state index contributed by atoms with van der Waals surface area (Å²) in [5.74, 6) is -4.10. The second-order valence-corrected chi connectivity index (χ2v) is 4.88. The first-order valence-electron chi connectivity index (χ1n) is 4.63. The van der Waals surface area contributed by atoms with Gasteiger partial charge in [-0.2, -0.15) is 0 Å². The molecule has 0 fully saturated rings. The Morgan fingerprint density at radius 3 is 2.24 bits per heavy atom. The van der Waals surface area contributed by atoms with Gasteiger partial charge in [-0.25, -0.2) is 26.3 Å². The molecule has 0 heterocycles. The van der Waals surface area contributed by atoms with Gasteiger partial charge in [0.2, 0.25) is 10.0 Å². The van der Waals surface area contributed by atoms with Crippen LogP contribution in [0.3, 0.4) is 0 Å². The van der Waals surface area contributed by atoms with E-state index in [0.29, 0.717) is 18.6 Å². The molecule has 0 unspecified atom stereocenters. The van der Waals surface area contributed by atoms with Gasteiger partial charge in [0.1, 0.15) is 17.5 Å². The summed E-state index contributed by atoms with van der Waals surface area (Å²) in [4.78, 5) is -1.18. The smallest absolute Gasteiger partial charge is 0.211 e. The molecule has 0 radical (unpaired) electrons. The maximum atomic E-state index is 13.2. The van der Waals surface area contributed by atoms with Gasteiger partial charge in [0.05, 0.1) is 0 Å². The first-order chi connectivity index (χ1) is 7.88. The van der Waals surface area contributed by atoms with Crippen molar-refractivity contribution in [3.63, 3.8) is 0 Å². The van der Waals surface area contributed by atoms with Gasteiger partial charge in [-0.05, 0) is 6.42 Å². The van der Waals surface area contributed by atoms with Crippen molar-refractivity contribution in [3.8, 4) is 0 Å². The Hall–Kier alpha value is -1.34. The number of sulfonamides is 1. The lowest BCUT2D eigenvalue weighted by Gasteiger charge is -2.07. The molecule has 1 rings (SSSR count). The van der Waals surface area contributed by atoms with Crippen LogP contribution in [-0.4, -0.2) is 15.0 Å². The van der Waals surface area contributed by atoms with Crippen LogP contribution >= 0.6 is 0 Å². The summed E-state index contributed by atoms with van der Waals surface area (Å²) in [7, 11) is -4.33. The van der Waals surface area contributed by atoms with E-state index < -0.39 is 32.4 Å². The Labute approximate surface area is 97.0 Å². The fourth-order valence-corrected chi connectivity index (χ4v) is 2.32. The zero-order valence-electron chi connectivity index (χ0n) is 8.71. The zero-order valence-corrected chi connectivity index (χ0v) is 9.53. The molecular weight excluding hydrogens is 255 g/mol. The third-order valence-corrected chi connectivity index (χ3v) is 3.38. The van der Waals surface area contributed by atoms with Crippen molar-refractivity contribution in [3.05, 3.63) is 42.2 Å². The molecule has 0 aliphatic heterocycles. The molecule has 1 aromatic rings. The normalized spacial score (nSPS) is 11.5. The van der Waals surface area contributed by atoms with Gasteiger partial charge in [0, 0.05) is 18.7 Å². The lowest BCUT2D eigenvalue weighted by atomic mass is 10.3. The Morgan fingerprint density at radius 1 is 1.24 bits per heavy atom. The maximum Gasteiger partial charge on any atom is 0.246 e. The van der Waals surface area contributed by atoms with Crippen molar-refractivity contribution in [1.82, 2.24) is 4.72 Å². The predicted molar refractivity (Wildman–Crippen MR) is 56.3 cm³/mol. The van der Waals surface area contributed by atoms with E-state index in [1.54, 1.807) is 0 Å². The van der Waals surface area contributed by atoms with Crippen LogP contribution in [0, 0.1) is 17.5 Å². The molecule has 0 spiro atoms. The van der Waals surface area contributed by atoms with Crippen LogP contribution in [0.2, 0.25) is 0 Å². The van der Waals surface area contributed by atoms with Crippen LogP contribution in [0.4, 0.5) is 13.2 Å². The Morgan fingerprint density at radius 2 is 1.76 bits per heavy atom. The number of rotatable bonds is 5. The molecule has 0 atom stereocenters. The lowest BCUT2D eigenvalue weighted by molar-refractivity contribution is 0.494. The van der Waals surface area contributed by atoms with E-state index in [1.165, 1.54) is 6.08 Å². The van der Waals surface area contributed by atoms with Gasteiger partial charge in [0.25, 0.3) is 0 Å². The summed E-state index contributed by atoms with van der Waals surface area (Å²) >= 11 is 0. The predicted octanol–water partition coefficient (Wildman–Crippen LogP) is 1.96. The van der Waals surface area contributed by atoms with Crippen LogP contribution in [-0.2, 0) is 10.0 Å². The fourth-order valence-electron chi connectivity index (χ4n) is 1.15. The van der Waals surface area contributed by atoms with Crippen molar-refractivity contribution in [2.75, 3.05) is 6.54 Å². The van der Waals surface area contributed by atoms with Gasteiger partial charge in [-0.3, -0.25) is 0 Å². The average Bonchev–Trinajstić information content (AvgIpc) is 2.15. The van der Waals surface area contributed by atoms with Gasteiger partial charge in [0.15, 0.2) is 4.90 Å². The average molecular weight is 265 g/mol. The molecule has 0 amide bonds. The summed E-state index contributed by atoms with van der Waals surface area (Å²) in [6.45, 7) is 3.33. The van der Waals surface area contributed by atoms with E-state index in [4.69, 9.17) is 0 Å². The largest absolute Gasteiger partial charge is 0.246 e. The van der Waals surface area contributed by atoms with E-state index in [2.05, 4.69) is 6.58 Å². The molecule has 0 saturated heterocycles. The summed E-state index contributed by atoms with van der Waals surface area (Å²) in [6, 6.07) is 0.621. The number of benzene rings is 1. The molecule has 0 aromatic heterocycles. The number of hydrogen-bond donors (Lipinski definition) is 1. The lowest BCUT2D eigenvalue weighted by Crippen LogP contribution is -2.26. The second kappa shape index (κ2) is 5.33. The second-order valence-electron chi connectivity index (χ2n) is 3.17. The van der Waals surface area contributed by atoms with E-state index in [-0.39, 0.29) is 6.54 Å². The Bertz CT molecular complexity index is 505. The molecule has 0 bridgehead atoms. The molecule has 0 aliphatic rings. The van der Waals surface area contributed by atoms with Gasteiger partial charge in [-0.1, -0.05) is 6.08 Å². The molecule has 7 heteroatoms. The molecule has 1 aromatic carbocycles. The highest BCUT2D eigenvalue weighted by Crippen LogP contribution is 2.19. The molecule has 3 nitrogen and oxygen atoms in total. The quantitative estimate of drug-likeness (QED) is 0.653. The van der Waals surface area contributed by atoms with Crippen molar-refractivity contribution in [1.29, 1.82) is 0 Å². The van der Waals surface area contributed by atoms with Gasteiger partial charge < -0.3 is 0 Å². The summed E-state index contributed by atoms with van der Waals surface area (Å²) in [6.07, 6.45) is 1.75. The first-order valence-corrected chi connectivity index (χ1v) is 6.12. The highest BCUT2D eigenvalue weighted by Gasteiger charge is 2.24. The molecule has 94 valence electrons. The highest BCUT2D eigenvalue weighted by atomic mass is 32.2.